The molecule has 0 amide bonds. The number of nitrogens with one attached hydrogen (secondary N) is 1. The van der Waals surface area contributed by atoms with E-state index in [0.717, 1.165) is 25.7 Å². The number of imidazole rings is 1. The maximum Gasteiger partial charge on any atom is 0.461 e. The van der Waals surface area contributed by atoms with Crippen molar-refractivity contribution in [3.05, 3.63) is 12.7 Å². The molecule has 4 N–H and O–H groups in total. The highest BCUT2D eigenvalue weighted by atomic mass is 31.1. The van der Waals surface area contributed by atoms with Gasteiger partial charge in [0.2, 0.25) is 0 Å². The van der Waals surface area contributed by atoms with Crippen molar-refractivity contribution in [3.63, 3.8) is 0 Å². The van der Waals surface area contributed by atoms with Crippen LogP contribution in [0.25, 0.3) is 11.2 Å². The predicted molar refractivity (Wildman–Crippen MR) is 153 cm³/mol. The number of nitrogens with two attached hydrogens (primary N) is 1. The third-order valence-electron chi connectivity index (χ3n) is 5.35. The Bertz CT molecular complexity index is 1100. The van der Waals surface area contributed by atoms with Gasteiger partial charge >= 0.3 is 19.9 Å². The Morgan fingerprint density at radius 3 is 2.35 bits per heavy atom. The number of rotatable bonds is 15. The SMILES string of the molecule is CC(C)OC(=O)C(C)(C)O.CCCCCCOC(=O)C(C)(C)N[P+](=O)COC(C)Cn1cnc2c(N)ncnc21. The van der Waals surface area contributed by atoms with Crippen LogP contribution in [0.2, 0.25) is 0 Å². The molecule has 2 aromatic rings. The van der Waals surface area contributed by atoms with Crippen LogP contribution < -0.4 is 10.8 Å². The average Bonchev–Trinajstić information content (AvgIpc) is 3.25. The van der Waals surface area contributed by atoms with Gasteiger partial charge in [-0.1, -0.05) is 31.3 Å². The van der Waals surface area contributed by atoms with Crippen molar-refractivity contribution >= 4 is 36.9 Å². The van der Waals surface area contributed by atoms with Gasteiger partial charge in [-0.25, -0.2) is 24.5 Å². The lowest BCUT2D eigenvalue weighted by atomic mass is 10.1. The first-order valence-corrected chi connectivity index (χ1v) is 14.9. The largest absolute Gasteiger partial charge is 0.464 e. The molecule has 0 aliphatic rings. The van der Waals surface area contributed by atoms with Crippen LogP contribution in [0.3, 0.4) is 0 Å². The van der Waals surface area contributed by atoms with Crippen LogP contribution in [0.5, 0.6) is 0 Å². The summed E-state index contributed by atoms with van der Waals surface area (Å²) in [7, 11) is -1.95. The number of aromatic nitrogens is 4. The molecule has 0 radical (unpaired) electrons. The van der Waals surface area contributed by atoms with Gasteiger partial charge < -0.3 is 29.6 Å². The molecular weight excluding hydrogens is 539 g/mol. The van der Waals surface area contributed by atoms with E-state index < -0.39 is 31.0 Å². The molecule has 2 unspecified atom stereocenters. The van der Waals surface area contributed by atoms with Gasteiger partial charge in [-0.05, 0) is 59.5 Å². The summed E-state index contributed by atoms with van der Waals surface area (Å²) in [5.41, 5.74) is 4.51. The Balaban J connectivity index is 0.000000680. The molecule has 0 aliphatic carbocycles. The molecule has 0 saturated carbocycles. The van der Waals surface area contributed by atoms with Gasteiger partial charge in [0.1, 0.15) is 11.8 Å². The second kappa shape index (κ2) is 16.5. The van der Waals surface area contributed by atoms with E-state index in [0.29, 0.717) is 30.1 Å². The van der Waals surface area contributed by atoms with Crippen LogP contribution in [0.1, 0.15) is 81.1 Å². The number of unbranched alkanes of at least 4 members (excludes halogenated alkanes) is 3. The Morgan fingerprint density at radius 1 is 1.10 bits per heavy atom. The van der Waals surface area contributed by atoms with E-state index in [1.807, 2.05) is 6.92 Å². The van der Waals surface area contributed by atoms with E-state index >= 15 is 0 Å². The predicted octanol–water partition coefficient (Wildman–Crippen LogP) is 3.71. The van der Waals surface area contributed by atoms with Crippen LogP contribution in [-0.4, -0.2) is 72.9 Å². The van der Waals surface area contributed by atoms with Crippen molar-refractivity contribution in [1.29, 1.82) is 0 Å². The van der Waals surface area contributed by atoms with Crippen molar-refractivity contribution in [2.45, 2.75) is 111 Å². The fourth-order valence-electron chi connectivity index (χ4n) is 3.18. The third kappa shape index (κ3) is 12.6. The molecule has 2 aromatic heterocycles. The molecule has 2 atom stereocenters. The first-order valence-electron chi connectivity index (χ1n) is 13.4. The number of ether oxygens (including phenoxy) is 3. The van der Waals surface area contributed by atoms with Gasteiger partial charge in [-0.2, -0.15) is 0 Å². The number of fused-ring (bicyclic) bond motifs is 1. The first kappa shape index (κ1) is 35.3. The molecular formula is C26H46N6O7P+. The zero-order valence-electron chi connectivity index (χ0n) is 25.0. The van der Waals surface area contributed by atoms with Gasteiger partial charge in [0.05, 0.1) is 31.7 Å². The van der Waals surface area contributed by atoms with Gasteiger partial charge in [-0.3, -0.25) is 0 Å². The number of nitrogen functional groups attached to an aromatic ring is 1. The highest BCUT2D eigenvalue weighted by Crippen LogP contribution is 2.23. The van der Waals surface area contributed by atoms with Gasteiger partial charge in [0.25, 0.3) is 6.35 Å². The van der Waals surface area contributed by atoms with Crippen molar-refractivity contribution in [2.24, 2.45) is 0 Å². The topological polar surface area (TPSA) is 181 Å². The molecule has 40 heavy (non-hydrogen) atoms. The van der Waals surface area contributed by atoms with E-state index in [-0.39, 0.29) is 18.6 Å². The van der Waals surface area contributed by atoms with Gasteiger partial charge in [0, 0.05) is 0 Å². The third-order valence-corrected chi connectivity index (χ3v) is 6.54. The second-order valence-electron chi connectivity index (χ2n) is 10.8. The minimum Gasteiger partial charge on any atom is -0.464 e. The number of esters is 2. The molecule has 0 spiro atoms. The van der Waals surface area contributed by atoms with Crippen molar-refractivity contribution in [1.82, 2.24) is 24.6 Å². The lowest BCUT2D eigenvalue weighted by Crippen LogP contribution is -2.44. The van der Waals surface area contributed by atoms with Crippen LogP contribution in [0, 0.1) is 0 Å². The van der Waals surface area contributed by atoms with Crippen molar-refractivity contribution < 1.29 is 33.5 Å². The smallest absolute Gasteiger partial charge is 0.461 e. The number of hydrogen-bond acceptors (Lipinski definition) is 11. The summed E-state index contributed by atoms with van der Waals surface area (Å²) in [6.45, 7) is 14.4. The number of nitrogens with zero attached hydrogens (tertiary/aromatic N) is 4. The summed E-state index contributed by atoms with van der Waals surface area (Å²) in [6, 6.07) is 0. The summed E-state index contributed by atoms with van der Waals surface area (Å²) in [5, 5.41) is 11.9. The van der Waals surface area contributed by atoms with Crippen LogP contribution in [0.15, 0.2) is 12.7 Å². The summed E-state index contributed by atoms with van der Waals surface area (Å²) in [6.07, 6.45) is 6.65. The number of anilines is 1. The van der Waals surface area contributed by atoms with E-state index in [9.17, 15) is 14.2 Å². The standard InChI is InChI=1S/C19H32N6O4P.C7H14O3/c1-5-6-7-8-9-28-18(26)19(3,4)24-30(27)13-29-14(2)10-25-12-23-15-16(20)21-11-22-17(15)25;1-5(2)10-6(8)7(3,4)9/h11-12,14H,5-10,13H2,1-4H3,(H,24,27)(H2,20,21,22);5,9H,1-4H3/q+1;. The quantitative estimate of drug-likeness (QED) is 0.157. The maximum absolute atomic E-state index is 12.4. The Labute approximate surface area is 237 Å². The number of carbonyl (C=O) groups is 2. The first-order chi connectivity index (χ1) is 18.6. The normalized spacial score (nSPS) is 13.0. The lowest BCUT2D eigenvalue weighted by molar-refractivity contribution is -0.165. The highest BCUT2D eigenvalue weighted by molar-refractivity contribution is 7.42. The fourth-order valence-corrected chi connectivity index (χ4v) is 4.35. The van der Waals surface area contributed by atoms with Crippen LogP contribution >= 0.6 is 7.95 Å². The molecule has 0 bridgehead atoms. The summed E-state index contributed by atoms with van der Waals surface area (Å²) >= 11 is 0. The van der Waals surface area contributed by atoms with Gasteiger partial charge in [0.15, 0.2) is 22.6 Å². The maximum atomic E-state index is 12.4. The minimum atomic E-state index is -1.95. The van der Waals surface area contributed by atoms with E-state index in [4.69, 9.17) is 25.1 Å². The van der Waals surface area contributed by atoms with Crippen LogP contribution in [-0.2, 0) is 34.9 Å². The summed E-state index contributed by atoms with van der Waals surface area (Å²) < 4.78 is 29.9. The number of carbonyl (C=O) groups excluding carboxylic acids is 2. The molecule has 0 saturated heterocycles. The minimum absolute atomic E-state index is 0.0343. The molecule has 14 heteroatoms. The lowest BCUT2D eigenvalue weighted by Gasteiger charge is -2.18. The second-order valence-corrected chi connectivity index (χ2v) is 12.0. The van der Waals surface area contributed by atoms with E-state index in [2.05, 4.69) is 27.0 Å². The highest BCUT2D eigenvalue weighted by Gasteiger charge is 2.37. The zero-order valence-corrected chi connectivity index (χ0v) is 25.9. The molecule has 13 nitrogen and oxygen atoms in total. The number of aliphatic hydroxyl groups is 1. The van der Waals surface area contributed by atoms with E-state index in [1.165, 1.54) is 20.2 Å². The summed E-state index contributed by atoms with van der Waals surface area (Å²) in [4.78, 5) is 35.4. The average molecular weight is 586 g/mol. The van der Waals surface area contributed by atoms with Crippen molar-refractivity contribution in [2.75, 3.05) is 18.7 Å². The Kier molecular flexibility index (Phi) is 14.6. The fraction of sp³-hybridized carbons (Fsp3) is 0.731. The molecule has 2 heterocycles. The van der Waals surface area contributed by atoms with E-state index in [1.54, 1.807) is 38.6 Å². The number of hydrogen-bond donors (Lipinski definition) is 3. The Hall–Kier alpha value is -2.73. The zero-order chi connectivity index (χ0) is 30.5. The molecule has 0 aliphatic heterocycles. The molecule has 0 fully saturated rings. The molecule has 0 aromatic carbocycles. The van der Waals surface area contributed by atoms with Crippen LogP contribution in [0.4, 0.5) is 5.82 Å². The van der Waals surface area contributed by atoms with Crippen molar-refractivity contribution in [3.8, 4) is 0 Å². The van der Waals surface area contributed by atoms with Gasteiger partial charge in [-0.15, -0.1) is 0 Å². The molecule has 226 valence electrons. The summed E-state index contributed by atoms with van der Waals surface area (Å²) in [5.74, 6) is -0.681. The molecule has 2 rings (SSSR count). The monoisotopic (exact) mass is 585 g/mol. The Morgan fingerprint density at radius 2 is 1.77 bits per heavy atom.